The molecule has 1 N–H and O–H groups in total. The first kappa shape index (κ1) is 49.6. The lowest BCUT2D eigenvalue weighted by molar-refractivity contribution is -0.440. The maximum absolute atomic E-state index is 14.2. The molecule has 0 amide bonds. The van der Waals surface area contributed by atoms with Crippen molar-refractivity contribution in [2.24, 2.45) is 29.6 Å². The van der Waals surface area contributed by atoms with Crippen LogP contribution in [-0.2, 0) is 42.9 Å². The molecular weight excluding hydrogens is 767 g/mol. The summed E-state index contributed by atoms with van der Waals surface area (Å²) in [6.45, 7) is 2.36. The minimum Gasteiger partial charge on any atom is -0.469 e. The molecule has 0 fully saturated rings. The number of halogens is 13. The van der Waals surface area contributed by atoms with E-state index in [0.717, 1.165) is 7.11 Å². The van der Waals surface area contributed by atoms with Crippen LogP contribution in [0.15, 0.2) is 0 Å². The summed E-state index contributed by atoms with van der Waals surface area (Å²) in [4.78, 5) is 62.6. The van der Waals surface area contributed by atoms with Crippen LogP contribution < -0.4 is 0 Å². The topological polar surface area (TPSA) is 143 Å². The Balaban J connectivity index is 6.07. The summed E-state index contributed by atoms with van der Waals surface area (Å²) in [5.74, 6) is -50.2. The maximum atomic E-state index is 14.2. The number of esters is 5. The van der Waals surface area contributed by atoms with Crippen LogP contribution in [0.1, 0.15) is 66.2 Å². The van der Waals surface area contributed by atoms with Crippen molar-refractivity contribution in [2.45, 2.75) is 102 Å². The molecule has 0 aliphatic carbocycles. The molecule has 0 bridgehead atoms. The van der Waals surface area contributed by atoms with E-state index >= 15 is 0 Å². The average molecular weight is 807 g/mol. The average Bonchev–Trinajstić information content (AvgIpc) is 3.06. The fraction of sp³-hybridized carbons (Fsp3) is 0.833. The molecule has 0 radical (unpaired) electrons. The molecule has 0 saturated heterocycles. The first-order valence-electron chi connectivity index (χ1n) is 15.7. The molecule has 0 aromatic rings. The number of carbonyl (C=O) groups is 5. The first-order valence-corrected chi connectivity index (χ1v) is 15.7. The van der Waals surface area contributed by atoms with E-state index in [1.165, 1.54) is 20.8 Å². The second kappa shape index (κ2) is 19.3. The largest absolute Gasteiger partial charge is 0.469 e. The van der Waals surface area contributed by atoms with E-state index in [9.17, 15) is 81.0 Å². The van der Waals surface area contributed by atoms with Gasteiger partial charge in [-0.25, -0.2) is 0 Å². The third kappa shape index (κ3) is 11.8. The van der Waals surface area contributed by atoms with Crippen molar-refractivity contribution in [3.63, 3.8) is 0 Å². The van der Waals surface area contributed by atoms with Gasteiger partial charge in [0.2, 0.25) is 0 Å². The summed E-state index contributed by atoms with van der Waals surface area (Å²) in [6, 6.07) is 0. The molecule has 0 saturated carbocycles. The van der Waals surface area contributed by atoms with Crippen molar-refractivity contribution in [1.29, 1.82) is 0 Å². The fourth-order valence-electron chi connectivity index (χ4n) is 4.47. The zero-order valence-corrected chi connectivity index (χ0v) is 28.8. The van der Waals surface area contributed by atoms with Crippen molar-refractivity contribution in [3.05, 3.63) is 0 Å². The number of aliphatic hydroxyl groups is 1. The lowest BCUT2D eigenvalue weighted by Gasteiger charge is -2.39. The molecule has 0 aromatic carbocycles. The number of hydrogen-bond donors (Lipinski definition) is 1. The Hall–Kier alpha value is -3.40. The van der Waals surface area contributed by atoms with Gasteiger partial charge >= 0.3 is 65.6 Å². The zero-order valence-electron chi connectivity index (χ0n) is 28.8. The summed E-state index contributed by atoms with van der Waals surface area (Å²) in [7, 11) is 0.861. The quantitative estimate of drug-likeness (QED) is 0.0554. The Bertz CT molecular complexity index is 1260. The van der Waals surface area contributed by atoms with Crippen molar-refractivity contribution in [3.8, 4) is 0 Å². The number of alkyl halides is 13. The fourth-order valence-corrected chi connectivity index (χ4v) is 4.47. The molecule has 5 unspecified atom stereocenters. The number of carbonyl (C=O) groups excluding carboxylic acids is 5. The van der Waals surface area contributed by atoms with Gasteiger partial charge in [0.1, 0.15) is 6.61 Å². The Labute approximate surface area is 294 Å². The first-order chi connectivity index (χ1) is 23.9. The van der Waals surface area contributed by atoms with Gasteiger partial charge in [-0.05, 0) is 32.1 Å². The Kier molecular flexibility index (Phi) is 18.0. The van der Waals surface area contributed by atoms with Crippen LogP contribution in [-0.4, -0.2) is 97.7 Å². The van der Waals surface area contributed by atoms with Crippen molar-refractivity contribution < 1.29 is 105 Å². The summed E-state index contributed by atoms with van der Waals surface area (Å²) in [5, 5.41) is 9.02. The number of aliphatic hydroxyl groups excluding tert-OH is 1. The van der Waals surface area contributed by atoms with E-state index < -0.39 is 141 Å². The third-order valence-electron chi connectivity index (χ3n) is 8.08. The van der Waals surface area contributed by atoms with Crippen LogP contribution >= 0.6 is 0 Å². The summed E-state index contributed by atoms with van der Waals surface area (Å²) < 4.78 is 192. The minimum absolute atomic E-state index is 0.315. The number of rotatable bonds is 22. The molecule has 10 nitrogen and oxygen atoms in total. The number of ether oxygens (including phenoxy) is 4. The molecule has 0 aromatic heterocycles. The van der Waals surface area contributed by atoms with Crippen molar-refractivity contribution in [2.75, 3.05) is 26.9 Å². The number of methoxy groups -OCH3 is 1. The monoisotopic (exact) mass is 806 g/mol. The molecule has 23 heteroatoms. The molecule has 0 rings (SSSR count). The highest BCUT2D eigenvalue weighted by atomic mass is 19.4. The van der Waals surface area contributed by atoms with Gasteiger partial charge < -0.3 is 24.1 Å². The van der Waals surface area contributed by atoms with E-state index in [-0.39, 0.29) is 6.42 Å². The van der Waals surface area contributed by atoms with Crippen molar-refractivity contribution in [1.82, 2.24) is 0 Å². The van der Waals surface area contributed by atoms with Gasteiger partial charge in [0, 0.05) is 0 Å². The van der Waals surface area contributed by atoms with E-state index in [2.05, 4.69) is 9.47 Å². The second-order valence-corrected chi connectivity index (χ2v) is 12.0. The van der Waals surface area contributed by atoms with Crippen LogP contribution in [0.4, 0.5) is 57.1 Å². The van der Waals surface area contributed by atoms with Gasteiger partial charge in [-0.2, -0.15) is 57.1 Å². The summed E-state index contributed by atoms with van der Waals surface area (Å²) in [5.41, 5.74) is 0. The molecule has 5 atom stereocenters. The predicted molar refractivity (Wildman–Crippen MR) is 151 cm³/mol. The minimum atomic E-state index is -8.09. The predicted octanol–water partition coefficient (Wildman–Crippen LogP) is 6.55. The maximum Gasteiger partial charge on any atom is 0.460 e. The Morgan fingerprint density at radius 2 is 0.981 bits per heavy atom. The molecule has 0 aliphatic heterocycles. The second-order valence-electron chi connectivity index (χ2n) is 12.0. The highest BCUT2D eigenvalue weighted by Crippen LogP contribution is 2.60. The van der Waals surface area contributed by atoms with Crippen molar-refractivity contribution >= 4 is 29.8 Å². The van der Waals surface area contributed by atoms with E-state index in [1.54, 1.807) is 6.92 Å². The SMILES string of the molecule is CCC(C)C(=O)OC(=O)C(C)CC(CC(CC(CC)C(=O)OCCC(F)(F)C(F)(F)C(F)(F)C(F)(F)C(F)(F)C(F)(F)F)C(=O)OC)C(=O)OCCO. The van der Waals surface area contributed by atoms with E-state index in [0.29, 0.717) is 6.42 Å². The van der Waals surface area contributed by atoms with Gasteiger partial charge in [-0.1, -0.05) is 27.7 Å². The van der Waals surface area contributed by atoms with Crippen LogP contribution in [0.2, 0.25) is 0 Å². The van der Waals surface area contributed by atoms with Gasteiger partial charge in [-0.3, -0.25) is 24.0 Å². The normalized spacial score (nSPS) is 16.1. The summed E-state index contributed by atoms with van der Waals surface area (Å²) >= 11 is 0. The Morgan fingerprint density at radius 3 is 1.43 bits per heavy atom. The van der Waals surface area contributed by atoms with Crippen LogP contribution in [0.5, 0.6) is 0 Å². The van der Waals surface area contributed by atoms with Crippen LogP contribution in [0.3, 0.4) is 0 Å². The smallest absolute Gasteiger partial charge is 0.460 e. The van der Waals surface area contributed by atoms with Gasteiger partial charge in [0.25, 0.3) is 0 Å². The van der Waals surface area contributed by atoms with Gasteiger partial charge in [0.15, 0.2) is 0 Å². The van der Waals surface area contributed by atoms with Crippen LogP contribution in [0, 0.1) is 29.6 Å². The van der Waals surface area contributed by atoms with Crippen LogP contribution in [0.25, 0.3) is 0 Å². The Morgan fingerprint density at radius 1 is 0.547 bits per heavy atom. The lowest BCUT2D eigenvalue weighted by atomic mass is 9.82. The zero-order chi connectivity index (χ0) is 42.0. The molecule has 310 valence electrons. The third-order valence-corrected chi connectivity index (χ3v) is 8.08. The van der Waals surface area contributed by atoms with Gasteiger partial charge in [-0.15, -0.1) is 0 Å². The molecule has 0 spiro atoms. The lowest BCUT2D eigenvalue weighted by Crippen LogP contribution is -2.70. The summed E-state index contributed by atoms with van der Waals surface area (Å²) in [6.07, 6.45) is -12.1. The standard InChI is InChI=1S/C30H39F13O10/c1-6-15(3)20(45)53-21(46)16(4)12-18(24(49)52-11-9-44)14-19(22(47)50-5)13-17(7-2)23(48)51-10-8-25(31,32)26(33,34)27(35,36)28(37,38)29(39,40)30(41,42)43/h15-19,44H,6-14H2,1-5H3. The molecular formula is C30H39F13O10. The van der Waals surface area contributed by atoms with E-state index in [1.807, 2.05) is 0 Å². The number of hydrogen-bond acceptors (Lipinski definition) is 10. The molecule has 0 heterocycles. The highest BCUT2D eigenvalue weighted by molar-refractivity contribution is 5.88. The van der Waals surface area contributed by atoms with Gasteiger partial charge in [0.05, 0.1) is 56.3 Å². The molecule has 53 heavy (non-hydrogen) atoms. The highest BCUT2D eigenvalue weighted by Gasteiger charge is 2.90. The van der Waals surface area contributed by atoms with E-state index in [4.69, 9.17) is 14.6 Å². The molecule has 0 aliphatic rings.